The highest BCUT2D eigenvalue weighted by Gasteiger charge is 2.00. The summed E-state index contributed by atoms with van der Waals surface area (Å²) in [6.07, 6.45) is 1.78. The van der Waals surface area contributed by atoms with Crippen LogP contribution in [0.3, 0.4) is 0 Å². The fraction of sp³-hybridized carbons (Fsp3) is 0.400. The minimum atomic E-state index is -1.05. The van der Waals surface area contributed by atoms with Gasteiger partial charge in [-0.1, -0.05) is 24.0 Å². The zero-order chi connectivity index (χ0) is 8.85. The monoisotopic (exact) mass is 192 g/mol. The summed E-state index contributed by atoms with van der Waals surface area (Å²) in [6.45, 7) is 1.39. The lowest BCUT2D eigenvalue weighted by Crippen LogP contribution is -2.17. The summed E-state index contributed by atoms with van der Waals surface area (Å²) in [5, 5.41) is 11.8. The summed E-state index contributed by atoms with van der Waals surface area (Å²) in [6, 6.07) is 0. The van der Waals surface area contributed by atoms with Gasteiger partial charge in [-0.2, -0.15) is 5.10 Å². The van der Waals surface area contributed by atoms with Crippen LogP contribution in [0.1, 0.15) is 6.92 Å². The molecule has 0 fully saturated rings. The quantitative estimate of drug-likeness (QED) is 0.383. The van der Waals surface area contributed by atoms with Crippen molar-refractivity contribution in [2.75, 3.05) is 6.26 Å². The summed E-state index contributed by atoms with van der Waals surface area (Å²) >= 11 is 6.01. The first-order valence-electron chi connectivity index (χ1n) is 2.69. The number of thioether (sulfide) groups is 1. The number of hydrogen-bond acceptors (Lipinski definition) is 4. The molecule has 0 aromatic heterocycles. The zero-order valence-corrected chi connectivity index (χ0v) is 7.75. The Bertz CT molecular complexity index is 203. The molecule has 11 heavy (non-hydrogen) atoms. The van der Waals surface area contributed by atoms with Crippen LogP contribution in [0, 0.1) is 0 Å². The normalized spacial score (nSPS) is 10.9. The van der Waals surface area contributed by atoms with Gasteiger partial charge in [0.2, 0.25) is 0 Å². The molecule has 0 saturated carbocycles. The van der Waals surface area contributed by atoms with E-state index in [0.29, 0.717) is 4.32 Å². The molecule has 0 rings (SSSR count). The van der Waals surface area contributed by atoms with E-state index < -0.39 is 5.97 Å². The molecule has 62 valence electrons. The second-order valence-corrected chi connectivity index (χ2v) is 3.09. The highest BCUT2D eigenvalue weighted by Crippen LogP contribution is 1.92. The molecule has 0 saturated heterocycles. The van der Waals surface area contributed by atoms with Crippen LogP contribution >= 0.6 is 24.0 Å². The van der Waals surface area contributed by atoms with E-state index in [1.165, 1.54) is 18.7 Å². The third-order valence-electron chi connectivity index (χ3n) is 0.810. The van der Waals surface area contributed by atoms with Crippen molar-refractivity contribution in [1.82, 2.24) is 5.43 Å². The molecule has 0 aromatic rings. The molecule has 0 atom stereocenters. The lowest BCUT2D eigenvalue weighted by Gasteiger charge is -1.97. The largest absolute Gasteiger partial charge is 0.477 e. The third kappa shape index (κ3) is 4.74. The van der Waals surface area contributed by atoms with Crippen LogP contribution in [-0.2, 0) is 4.79 Å². The van der Waals surface area contributed by atoms with Crippen molar-refractivity contribution < 1.29 is 9.90 Å². The van der Waals surface area contributed by atoms with Gasteiger partial charge in [-0.15, -0.1) is 0 Å². The second kappa shape index (κ2) is 5.09. The molecule has 0 aliphatic heterocycles. The van der Waals surface area contributed by atoms with Crippen molar-refractivity contribution in [3.05, 3.63) is 0 Å². The number of nitrogens with zero attached hydrogens (tertiary/aromatic N) is 1. The Kier molecular flexibility index (Phi) is 4.80. The minimum absolute atomic E-state index is 0.0126. The predicted octanol–water partition coefficient (Wildman–Crippen LogP) is 0.684. The van der Waals surface area contributed by atoms with Gasteiger partial charge in [-0.05, 0) is 13.2 Å². The van der Waals surface area contributed by atoms with Crippen LogP contribution in [0.15, 0.2) is 5.10 Å². The van der Waals surface area contributed by atoms with Gasteiger partial charge in [0.05, 0.1) is 0 Å². The van der Waals surface area contributed by atoms with Crippen LogP contribution < -0.4 is 5.43 Å². The number of carbonyl (C=O) groups is 1. The van der Waals surface area contributed by atoms with E-state index in [2.05, 4.69) is 10.5 Å². The van der Waals surface area contributed by atoms with Crippen molar-refractivity contribution in [2.45, 2.75) is 6.92 Å². The molecular weight excluding hydrogens is 184 g/mol. The first kappa shape index (κ1) is 10.4. The average molecular weight is 192 g/mol. The third-order valence-corrected chi connectivity index (χ3v) is 1.86. The van der Waals surface area contributed by atoms with E-state index in [4.69, 9.17) is 17.3 Å². The van der Waals surface area contributed by atoms with E-state index >= 15 is 0 Å². The van der Waals surface area contributed by atoms with Crippen LogP contribution in [0.5, 0.6) is 0 Å². The molecule has 0 bridgehead atoms. The standard InChI is InChI=1S/C5H8N2O2S2/c1-3(4(8)9)6-7-5(10)11-2/h1-2H3,(H,7,10)(H,8,9)/b6-3-. The maximum Gasteiger partial charge on any atom is 0.351 e. The van der Waals surface area contributed by atoms with Crippen molar-refractivity contribution >= 4 is 40.0 Å². The number of hydrogen-bond donors (Lipinski definition) is 2. The highest BCUT2D eigenvalue weighted by atomic mass is 32.2. The van der Waals surface area contributed by atoms with Gasteiger partial charge in [-0.3, -0.25) is 5.43 Å². The Morgan fingerprint density at radius 2 is 2.27 bits per heavy atom. The Balaban J connectivity index is 3.92. The van der Waals surface area contributed by atoms with Crippen molar-refractivity contribution in [1.29, 1.82) is 0 Å². The Morgan fingerprint density at radius 1 is 1.73 bits per heavy atom. The van der Waals surface area contributed by atoms with E-state index in [1.54, 1.807) is 6.26 Å². The maximum atomic E-state index is 10.2. The number of aliphatic carboxylic acids is 1. The molecular formula is C5H8N2O2S2. The van der Waals surface area contributed by atoms with E-state index in [9.17, 15) is 4.79 Å². The Morgan fingerprint density at radius 3 is 2.64 bits per heavy atom. The SMILES string of the molecule is CSC(=S)N/N=C(/C)C(=O)O. The zero-order valence-electron chi connectivity index (χ0n) is 6.12. The van der Waals surface area contributed by atoms with Crippen LogP contribution in [0.2, 0.25) is 0 Å². The molecule has 0 aliphatic carbocycles. The smallest absolute Gasteiger partial charge is 0.351 e. The summed E-state index contributed by atoms with van der Waals surface area (Å²) in [5.41, 5.74) is 2.40. The number of nitrogens with one attached hydrogen (secondary N) is 1. The maximum absolute atomic E-state index is 10.2. The molecule has 0 spiro atoms. The molecule has 0 heterocycles. The number of thiocarbonyl (C=S) groups is 1. The van der Waals surface area contributed by atoms with Crippen LogP contribution in [0.4, 0.5) is 0 Å². The number of hydrazone groups is 1. The van der Waals surface area contributed by atoms with Gasteiger partial charge < -0.3 is 5.11 Å². The van der Waals surface area contributed by atoms with Crippen LogP contribution in [0.25, 0.3) is 0 Å². The number of carboxylic acid groups (broad SMARTS) is 1. The van der Waals surface area contributed by atoms with Crippen LogP contribution in [-0.4, -0.2) is 27.4 Å². The Hall–Kier alpha value is -0.620. The van der Waals surface area contributed by atoms with Gasteiger partial charge in [0, 0.05) is 0 Å². The predicted molar refractivity (Wildman–Crippen MR) is 50.0 cm³/mol. The molecule has 0 amide bonds. The molecule has 2 N–H and O–H groups in total. The van der Waals surface area contributed by atoms with Crippen molar-refractivity contribution in [3.63, 3.8) is 0 Å². The summed E-state index contributed by atoms with van der Waals surface area (Å²) in [5.74, 6) is -1.05. The van der Waals surface area contributed by atoms with Gasteiger partial charge in [0.1, 0.15) is 5.71 Å². The van der Waals surface area contributed by atoms with Gasteiger partial charge in [0.25, 0.3) is 0 Å². The summed E-state index contributed by atoms with van der Waals surface area (Å²) in [4.78, 5) is 10.2. The molecule has 4 nitrogen and oxygen atoms in total. The van der Waals surface area contributed by atoms with E-state index in [1.807, 2.05) is 0 Å². The van der Waals surface area contributed by atoms with E-state index in [0.717, 1.165) is 0 Å². The molecule has 6 heteroatoms. The minimum Gasteiger partial charge on any atom is -0.477 e. The average Bonchev–Trinajstić information content (AvgIpc) is 1.99. The molecule has 0 unspecified atom stereocenters. The summed E-state index contributed by atoms with van der Waals surface area (Å²) < 4.78 is 0.450. The number of rotatable bonds is 2. The Labute approximate surface area is 74.1 Å². The second-order valence-electron chi connectivity index (χ2n) is 1.61. The van der Waals surface area contributed by atoms with Crippen molar-refractivity contribution in [3.8, 4) is 0 Å². The van der Waals surface area contributed by atoms with Gasteiger partial charge >= 0.3 is 5.97 Å². The number of carboxylic acids is 1. The first-order valence-corrected chi connectivity index (χ1v) is 4.32. The van der Waals surface area contributed by atoms with E-state index in [-0.39, 0.29) is 5.71 Å². The fourth-order valence-electron chi connectivity index (χ4n) is 0.223. The first-order chi connectivity index (χ1) is 5.07. The highest BCUT2D eigenvalue weighted by molar-refractivity contribution is 8.22. The topological polar surface area (TPSA) is 61.7 Å². The van der Waals surface area contributed by atoms with Crippen molar-refractivity contribution in [2.24, 2.45) is 5.10 Å². The fourth-order valence-corrected chi connectivity index (χ4v) is 0.406. The molecule has 0 aliphatic rings. The van der Waals surface area contributed by atoms with Gasteiger partial charge in [-0.25, -0.2) is 4.79 Å². The molecule has 0 aromatic carbocycles. The molecule has 0 radical (unpaired) electrons. The lowest BCUT2D eigenvalue weighted by atomic mass is 10.4. The van der Waals surface area contributed by atoms with Gasteiger partial charge in [0.15, 0.2) is 4.32 Å². The summed E-state index contributed by atoms with van der Waals surface area (Å²) in [7, 11) is 0. The lowest BCUT2D eigenvalue weighted by molar-refractivity contribution is -0.129.